The maximum Gasteiger partial charge on any atom is 0.138 e. The Balaban J connectivity index is 2.93. The summed E-state index contributed by atoms with van der Waals surface area (Å²) >= 11 is 1.90. The van der Waals surface area contributed by atoms with E-state index < -0.39 is 0 Å². The lowest BCUT2D eigenvalue weighted by atomic mass is 10.0. The van der Waals surface area contributed by atoms with Crippen LogP contribution in [-0.4, -0.2) is 17.3 Å². The molecule has 0 fully saturated rings. The van der Waals surface area contributed by atoms with Crippen LogP contribution in [0.3, 0.4) is 0 Å². The Kier molecular flexibility index (Phi) is 4.37. The average Bonchev–Trinajstić information content (AvgIpc) is 2.13. The number of halogens is 2. The normalized spacial score (nSPS) is 11.6. The van der Waals surface area contributed by atoms with Gasteiger partial charge >= 0.3 is 0 Å². The van der Waals surface area contributed by atoms with E-state index in [1.165, 1.54) is 6.07 Å². The smallest absolute Gasteiger partial charge is 0.138 e. The van der Waals surface area contributed by atoms with Crippen LogP contribution in [0.5, 0.6) is 0 Å². The van der Waals surface area contributed by atoms with E-state index in [0.717, 1.165) is 0 Å². The summed E-state index contributed by atoms with van der Waals surface area (Å²) in [6.07, 6.45) is 0.569. The lowest BCUT2D eigenvalue weighted by molar-refractivity contribution is 0.261. The molecule has 1 aromatic rings. The third kappa shape index (κ3) is 3.48. The van der Waals surface area contributed by atoms with Gasteiger partial charge in [0.05, 0.1) is 14.9 Å². The summed E-state index contributed by atoms with van der Waals surface area (Å²) in [4.78, 5) is 0. The van der Waals surface area contributed by atoms with E-state index in [2.05, 4.69) is 5.32 Å². The summed E-state index contributed by atoms with van der Waals surface area (Å²) in [5.41, 5.74) is 6.56. The van der Waals surface area contributed by atoms with Gasteiger partial charge in [-0.05, 0) is 48.9 Å². The van der Waals surface area contributed by atoms with Gasteiger partial charge in [-0.2, -0.15) is 0 Å². The first-order valence-electron chi connectivity index (χ1n) is 4.99. The van der Waals surface area contributed by atoms with Crippen molar-refractivity contribution in [3.63, 3.8) is 0 Å². The fourth-order valence-electron chi connectivity index (χ4n) is 1.38. The summed E-state index contributed by atoms with van der Waals surface area (Å²) in [5.74, 6) is -0.294. The quantitative estimate of drug-likeness (QED) is 0.584. The summed E-state index contributed by atoms with van der Waals surface area (Å²) in [6, 6.07) is 2.98. The Hall–Kier alpha value is -0.560. The summed E-state index contributed by atoms with van der Waals surface area (Å²) in [5, 5.41) is 12.0. The van der Waals surface area contributed by atoms with Crippen LogP contribution >= 0.6 is 22.6 Å². The van der Waals surface area contributed by atoms with Crippen molar-refractivity contribution in [1.82, 2.24) is 0 Å². The number of nitrogen functional groups attached to an aromatic ring is 1. The van der Waals surface area contributed by atoms with Crippen molar-refractivity contribution in [3.05, 3.63) is 21.5 Å². The minimum Gasteiger partial charge on any atom is -0.397 e. The second kappa shape index (κ2) is 5.18. The Morgan fingerprint density at radius 1 is 1.50 bits per heavy atom. The highest BCUT2D eigenvalue weighted by atomic mass is 127. The Labute approximate surface area is 108 Å². The summed E-state index contributed by atoms with van der Waals surface area (Å²) in [6.45, 7) is 3.93. The molecule has 0 amide bonds. The molecule has 3 nitrogen and oxygen atoms in total. The third-order valence-corrected chi connectivity index (χ3v) is 3.13. The lowest BCUT2D eigenvalue weighted by Crippen LogP contribution is -2.32. The van der Waals surface area contributed by atoms with E-state index >= 15 is 0 Å². The lowest BCUT2D eigenvalue weighted by Gasteiger charge is -2.27. The number of nitrogens with one attached hydrogen (secondary N) is 1. The van der Waals surface area contributed by atoms with Gasteiger partial charge in [0.2, 0.25) is 0 Å². The number of benzene rings is 1. The number of nitrogens with two attached hydrogens (primary N) is 1. The molecular weight excluding hydrogens is 322 g/mol. The maximum absolute atomic E-state index is 13.4. The standard InChI is InChI=1S/C11H16FIN2O/c1-11(2,3-4-16)15-10-5-7(12)8(13)6-9(10)14/h5-6,15-16H,3-4,14H2,1-2H3. The number of rotatable bonds is 4. The second-order valence-corrected chi connectivity index (χ2v) is 5.50. The monoisotopic (exact) mass is 338 g/mol. The molecule has 0 heterocycles. The van der Waals surface area contributed by atoms with E-state index in [0.29, 0.717) is 21.4 Å². The number of aliphatic hydroxyl groups excluding tert-OH is 1. The van der Waals surface area contributed by atoms with Gasteiger partial charge in [0, 0.05) is 18.2 Å². The minimum absolute atomic E-state index is 0.0761. The molecule has 0 aliphatic carbocycles. The highest BCUT2D eigenvalue weighted by Crippen LogP contribution is 2.27. The van der Waals surface area contributed by atoms with Crippen molar-refractivity contribution < 1.29 is 9.50 Å². The van der Waals surface area contributed by atoms with Gasteiger partial charge in [-0.1, -0.05) is 0 Å². The van der Waals surface area contributed by atoms with Crippen LogP contribution in [0.2, 0.25) is 0 Å². The van der Waals surface area contributed by atoms with Crippen LogP contribution in [0.1, 0.15) is 20.3 Å². The Bertz CT molecular complexity index is 382. The van der Waals surface area contributed by atoms with E-state index in [9.17, 15) is 4.39 Å². The van der Waals surface area contributed by atoms with Gasteiger partial charge in [0.1, 0.15) is 5.82 Å². The van der Waals surface area contributed by atoms with E-state index in [1.54, 1.807) is 6.07 Å². The number of aliphatic hydroxyl groups is 1. The summed E-state index contributed by atoms with van der Waals surface area (Å²) in [7, 11) is 0. The van der Waals surface area contributed by atoms with Gasteiger partial charge in [-0.3, -0.25) is 0 Å². The fourth-order valence-corrected chi connectivity index (χ4v) is 1.87. The molecule has 0 bridgehead atoms. The van der Waals surface area contributed by atoms with Crippen molar-refractivity contribution in [2.75, 3.05) is 17.7 Å². The molecule has 0 atom stereocenters. The number of hydrogen-bond donors (Lipinski definition) is 3. The third-order valence-electron chi connectivity index (χ3n) is 2.30. The highest BCUT2D eigenvalue weighted by molar-refractivity contribution is 14.1. The van der Waals surface area contributed by atoms with Gasteiger partial charge in [-0.15, -0.1) is 0 Å². The molecule has 1 rings (SSSR count). The van der Waals surface area contributed by atoms with Crippen molar-refractivity contribution in [1.29, 1.82) is 0 Å². The first-order chi connectivity index (χ1) is 7.35. The molecule has 5 heteroatoms. The molecule has 0 radical (unpaired) electrons. The van der Waals surface area contributed by atoms with E-state index in [4.69, 9.17) is 10.8 Å². The zero-order valence-corrected chi connectivity index (χ0v) is 11.5. The molecule has 0 saturated carbocycles. The van der Waals surface area contributed by atoms with Gasteiger partial charge in [-0.25, -0.2) is 4.39 Å². The van der Waals surface area contributed by atoms with Crippen LogP contribution in [0.15, 0.2) is 12.1 Å². The minimum atomic E-state index is -0.317. The topological polar surface area (TPSA) is 58.3 Å². The predicted octanol–water partition coefficient (Wildman–Crippen LogP) is 2.59. The Morgan fingerprint density at radius 2 is 2.12 bits per heavy atom. The van der Waals surface area contributed by atoms with E-state index in [1.807, 2.05) is 36.4 Å². The van der Waals surface area contributed by atoms with Crippen LogP contribution in [0, 0.1) is 9.39 Å². The van der Waals surface area contributed by atoms with Crippen LogP contribution in [0.4, 0.5) is 15.8 Å². The van der Waals surface area contributed by atoms with Gasteiger partial charge in [0.15, 0.2) is 0 Å². The van der Waals surface area contributed by atoms with Crippen molar-refractivity contribution >= 4 is 34.0 Å². The number of hydrogen-bond acceptors (Lipinski definition) is 3. The molecule has 0 unspecified atom stereocenters. The molecule has 0 aliphatic heterocycles. The zero-order valence-electron chi connectivity index (χ0n) is 9.35. The predicted molar refractivity (Wildman–Crippen MR) is 72.9 cm³/mol. The Morgan fingerprint density at radius 3 is 2.69 bits per heavy atom. The highest BCUT2D eigenvalue weighted by Gasteiger charge is 2.18. The molecule has 4 N–H and O–H groups in total. The van der Waals surface area contributed by atoms with E-state index in [-0.39, 0.29) is 18.0 Å². The van der Waals surface area contributed by atoms with Gasteiger partial charge in [0.25, 0.3) is 0 Å². The second-order valence-electron chi connectivity index (χ2n) is 4.34. The molecule has 1 aromatic carbocycles. The fraction of sp³-hybridized carbons (Fsp3) is 0.455. The van der Waals surface area contributed by atoms with Crippen molar-refractivity contribution in [3.8, 4) is 0 Å². The first kappa shape index (κ1) is 13.5. The molecule has 0 aliphatic rings. The molecule has 0 saturated heterocycles. The number of anilines is 2. The molecule has 90 valence electrons. The first-order valence-corrected chi connectivity index (χ1v) is 6.07. The average molecular weight is 338 g/mol. The summed E-state index contributed by atoms with van der Waals surface area (Å²) < 4.78 is 13.9. The molecule has 0 aromatic heterocycles. The molecule has 0 spiro atoms. The van der Waals surface area contributed by atoms with Crippen LogP contribution in [-0.2, 0) is 0 Å². The molecular formula is C11H16FIN2O. The van der Waals surface area contributed by atoms with Crippen LogP contribution in [0.25, 0.3) is 0 Å². The van der Waals surface area contributed by atoms with Crippen LogP contribution < -0.4 is 11.1 Å². The van der Waals surface area contributed by atoms with Crippen molar-refractivity contribution in [2.45, 2.75) is 25.8 Å². The largest absolute Gasteiger partial charge is 0.397 e. The SMILES string of the molecule is CC(C)(CCO)Nc1cc(F)c(I)cc1N. The molecule has 16 heavy (non-hydrogen) atoms. The maximum atomic E-state index is 13.4. The van der Waals surface area contributed by atoms with Crippen molar-refractivity contribution in [2.24, 2.45) is 0 Å². The van der Waals surface area contributed by atoms with Gasteiger partial charge < -0.3 is 16.2 Å². The zero-order chi connectivity index (χ0) is 12.3.